The summed E-state index contributed by atoms with van der Waals surface area (Å²) in [6.45, 7) is 6.35. The molecule has 26 heavy (non-hydrogen) atoms. The first-order valence-corrected chi connectivity index (χ1v) is 9.26. The molecular weight excluding hydrogens is 335 g/mol. The minimum atomic E-state index is -0.611. The molecule has 1 saturated carbocycles. The maximum absolute atomic E-state index is 13.1. The lowest BCUT2D eigenvalue weighted by molar-refractivity contribution is -0.122. The highest BCUT2D eigenvalue weighted by Gasteiger charge is 2.50. The van der Waals surface area contributed by atoms with Gasteiger partial charge in [-0.1, -0.05) is 20.3 Å². The molecule has 2 fully saturated rings. The molecule has 0 bridgehead atoms. The number of hydrogen-bond acceptors (Lipinski definition) is 4. The van der Waals surface area contributed by atoms with Crippen LogP contribution in [0, 0.1) is 23.1 Å². The summed E-state index contributed by atoms with van der Waals surface area (Å²) in [7, 11) is 0. The van der Waals surface area contributed by atoms with E-state index in [-0.39, 0.29) is 34.5 Å². The first-order valence-electron chi connectivity index (χ1n) is 9.26. The third-order valence-electron chi connectivity index (χ3n) is 5.52. The van der Waals surface area contributed by atoms with Gasteiger partial charge in [-0.05, 0) is 36.7 Å². The molecule has 0 aromatic carbocycles. The number of nitrogens with one attached hydrogen (secondary N) is 1. The standard InChI is InChI=1S/C19H27FN4O2/c1-19(2)8-13(19)17(25)22-6-4-3-5-12-10-24(11-12)18(26)16-7-15(21)14(20)9-23-16/h7,9,12-13H,3-6,8,10-11H2,1-2H3,(H2,21,23)(H,22,25). The topological polar surface area (TPSA) is 88.3 Å². The van der Waals surface area contributed by atoms with Crippen LogP contribution in [-0.2, 0) is 4.79 Å². The molecule has 1 unspecified atom stereocenters. The van der Waals surface area contributed by atoms with E-state index < -0.39 is 5.82 Å². The Morgan fingerprint density at radius 2 is 2.08 bits per heavy atom. The van der Waals surface area contributed by atoms with Crippen LogP contribution in [0.2, 0.25) is 0 Å². The van der Waals surface area contributed by atoms with E-state index in [2.05, 4.69) is 24.1 Å². The first-order chi connectivity index (χ1) is 12.3. The number of anilines is 1. The molecular formula is C19H27FN4O2. The summed E-state index contributed by atoms with van der Waals surface area (Å²) in [4.78, 5) is 29.7. The monoisotopic (exact) mass is 362 g/mol. The Morgan fingerprint density at radius 1 is 1.38 bits per heavy atom. The summed E-state index contributed by atoms with van der Waals surface area (Å²) in [5, 5.41) is 3.01. The number of carbonyl (C=O) groups is 2. The van der Waals surface area contributed by atoms with Gasteiger partial charge in [0.15, 0.2) is 5.82 Å². The van der Waals surface area contributed by atoms with Gasteiger partial charge in [0.25, 0.3) is 5.91 Å². The van der Waals surface area contributed by atoms with Crippen molar-refractivity contribution in [3.63, 3.8) is 0 Å². The SMILES string of the molecule is CC1(C)CC1C(=O)NCCCCC1CN(C(=O)c2cc(N)c(F)cn2)C1. The number of pyridine rings is 1. The van der Waals surface area contributed by atoms with Crippen molar-refractivity contribution in [2.75, 3.05) is 25.4 Å². The zero-order chi connectivity index (χ0) is 18.9. The van der Waals surface area contributed by atoms with Crippen molar-refractivity contribution >= 4 is 17.5 Å². The number of rotatable bonds is 7. The number of hydrogen-bond donors (Lipinski definition) is 2. The average Bonchev–Trinajstić information content (AvgIpc) is 3.19. The number of unbranched alkanes of at least 4 members (excludes halogenated alkanes) is 1. The third-order valence-corrected chi connectivity index (χ3v) is 5.52. The Balaban J connectivity index is 1.29. The van der Waals surface area contributed by atoms with E-state index in [1.165, 1.54) is 6.07 Å². The van der Waals surface area contributed by atoms with Crippen LogP contribution in [0.4, 0.5) is 10.1 Å². The Morgan fingerprint density at radius 3 is 2.69 bits per heavy atom. The van der Waals surface area contributed by atoms with Crippen molar-refractivity contribution in [2.24, 2.45) is 17.3 Å². The summed E-state index contributed by atoms with van der Waals surface area (Å²) in [6, 6.07) is 1.29. The van der Waals surface area contributed by atoms with Crippen LogP contribution in [0.3, 0.4) is 0 Å². The van der Waals surface area contributed by atoms with Crippen molar-refractivity contribution < 1.29 is 14.0 Å². The van der Waals surface area contributed by atoms with Crippen molar-refractivity contribution in [3.8, 4) is 0 Å². The van der Waals surface area contributed by atoms with E-state index >= 15 is 0 Å². The van der Waals surface area contributed by atoms with Crippen LogP contribution >= 0.6 is 0 Å². The second-order valence-corrected chi connectivity index (χ2v) is 8.20. The molecule has 2 amide bonds. The van der Waals surface area contributed by atoms with Gasteiger partial charge in [-0.15, -0.1) is 0 Å². The lowest BCUT2D eigenvalue weighted by Crippen LogP contribution is -2.50. The summed E-state index contributed by atoms with van der Waals surface area (Å²) in [6.07, 6.45) is 4.99. The molecule has 2 heterocycles. The molecule has 0 spiro atoms. The zero-order valence-corrected chi connectivity index (χ0v) is 15.4. The predicted octanol–water partition coefficient (Wildman–Crippen LogP) is 2.21. The molecule has 1 aromatic heterocycles. The molecule has 1 aliphatic heterocycles. The molecule has 3 N–H and O–H groups in total. The van der Waals surface area contributed by atoms with Crippen LogP contribution in [0.15, 0.2) is 12.3 Å². The lowest BCUT2D eigenvalue weighted by atomic mass is 9.93. The molecule has 1 aliphatic carbocycles. The quantitative estimate of drug-likeness (QED) is 0.728. The Labute approximate surface area is 153 Å². The summed E-state index contributed by atoms with van der Waals surface area (Å²) in [5.74, 6) is 0.0340. The van der Waals surface area contributed by atoms with Crippen molar-refractivity contribution in [1.82, 2.24) is 15.2 Å². The Hall–Kier alpha value is -2.18. The Kier molecular flexibility index (Phi) is 5.16. The molecule has 1 aromatic rings. The molecule has 7 heteroatoms. The number of nitrogens with zero attached hydrogens (tertiary/aromatic N) is 2. The van der Waals surface area contributed by atoms with Crippen LogP contribution in [0.5, 0.6) is 0 Å². The lowest BCUT2D eigenvalue weighted by Gasteiger charge is -2.39. The highest BCUT2D eigenvalue weighted by molar-refractivity contribution is 5.93. The zero-order valence-electron chi connectivity index (χ0n) is 15.4. The highest BCUT2D eigenvalue weighted by atomic mass is 19.1. The normalized spacial score (nSPS) is 21.2. The van der Waals surface area contributed by atoms with Crippen LogP contribution < -0.4 is 11.1 Å². The fourth-order valence-corrected chi connectivity index (χ4v) is 3.46. The van der Waals surface area contributed by atoms with Gasteiger partial charge in [0.2, 0.25) is 5.91 Å². The Bertz CT molecular complexity index is 701. The molecule has 1 saturated heterocycles. The fourth-order valence-electron chi connectivity index (χ4n) is 3.46. The minimum absolute atomic E-state index is 0.0583. The van der Waals surface area contributed by atoms with E-state index in [9.17, 15) is 14.0 Å². The highest BCUT2D eigenvalue weighted by Crippen LogP contribution is 2.51. The smallest absolute Gasteiger partial charge is 0.272 e. The summed E-state index contributed by atoms with van der Waals surface area (Å²) in [5.41, 5.74) is 5.79. The maximum Gasteiger partial charge on any atom is 0.272 e. The molecule has 0 radical (unpaired) electrons. The summed E-state index contributed by atoms with van der Waals surface area (Å²) >= 11 is 0. The van der Waals surface area contributed by atoms with Crippen LogP contribution in [0.25, 0.3) is 0 Å². The van der Waals surface area contributed by atoms with Gasteiger partial charge >= 0.3 is 0 Å². The van der Waals surface area contributed by atoms with Gasteiger partial charge in [0.05, 0.1) is 11.9 Å². The van der Waals surface area contributed by atoms with Gasteiger partial charge < -0.3 is 16.0 Å². The molecule has 6 nitrogen and oxygen atoms in total. The van der Waals surface area contributed by atoms with Crippen molar-refractivity contribution in [2.45, 2.75) is 39.5 Å². The molecule has 1 atom stereocenters. The fraction of sp³-hybridized carbons (Fsp3) is 0.632. The number of carbonyl (C=O) groups excluding carboxylic acids is 2. The number of halogens is 1. The average molecular weight is 362 g/mol. The second-order valence-electron chi connectivity index (χ2n) is 8.20. The van der Waals surface area contributed by atoms with Gasteiger partial charge in [0.1, 0.15) is 5.69 Å². The predicted molar refractivity (Wildman–Crippen MR) is 96.7 cm³/mol. The van der Waals surface area contributed by atoms with E-state index in [1.807, 2.05) is 0 Å². The summed E-state index contributed by atoms with van der Waals surface area (Å²) < 4.78 is 13.1. The largest absolute Gasteiger partial charge is 0.396 e. The van der Waals surface area contributed by atoms with Crippen molar-refractivity contribution in [1.29, 1.82) is 0 Å². The first kappa shape index (κ1) is 18.6. The van der Waals surface area contributed by atoms with E-state index in [4.69, 9.17) is 5.73 Å². The number of amides is 2. The molecule has 2 aliphatic rings. The molecule has 142 valence electrons. The van der Waals surface area contributed by atoms with E-state index in [0.717, 1.165) is 38.4 Å². The van der Waals surface area contributed by atoms with Gasteiger partial charge in [0, 0.05) is 25.6 Å². The number of nitrogens with two attached hydrogens (primary N) is 1. The van der Waals surface area contributed by atoms with Crippen molar-refractivity contribution in [3.05, 3.63) is 23.8 Å². The van der Waals surface area contributed by atoms with Crippen LogP contribution in [-0.4, -0.2) is 41.3 Å². The van der Waals surface area contributed by atoms with Gasteiger partial charge in [-0.25, -0.2) is 9.37 Å². The van der Waals surface area contributed by atoms with E-state index in [1.54, 1.807) is 4.90 Å². The van der Waals surface area contributed by atoms with E-state index in [0.29, 0.717) is 19.0 Å². The number of likely N-dealkylation sites (tertiary alicyclic amines) is 1. The minimum Gasteiger partial charge on any atom is -0.396 e. The van der Waals surface area contributed by atoms with Gasteiger partial charge in [-0.3, -0.25) is 9.59 Å². The third kappa shape index (κ3) is 4.14. The number of aromatic nitrogens is 1. The maximum atomic E-state index is 13.1. The second kappa shape index (κ2) is 7.21. The van der Waals surface area contributed by atoms with Gasteiger partial charge in [-0.2, -0.15) is 0 Å². The number of nitrogen functional groups attached to an aromatic ring is 1. The van der Waals surface area contributed by atoms with Crippen LogP contribution in [0.1, 0.15) is 50.0 Å². The molecule has 3 rings (SSSR count).